The maximum Gasteiger partial charge on any atom is 0.408 e. The monoisotopic (exact) mass is 491 g/mol. The van der Waals surface area contributed by atoms with E-state index in [-0.39, 0.29) is 12.1 Å². The maximum atomic E-state index is 12.6. The van der Waals surface area contributed by atoms with Crippen molar-refractivity contribution in [3.8, 4) is 0 Å². The quantitative estimate of drug-likeness (QED) is 0.615. The smallest absolute Gasteiger partial charge is 0.408 e. The van der Waals surface area contributed by atoms with Crippen molar-refractivity contribution in [2.45, 2.75) is 103 Å². The van der Waals surface area contributed by atoms with Gasteiger partial charge in [-0.15, -0.1) is 0 Å². The van der Waals surface area contributed by atoms with Gasteiger partial charge in [-0.2, -0.15) is 0 Å². The van der Waals surface area contributed by atoms with E-state index in [1.165, 1.54) is 42.9 Å². The number of aryl methyl sites for hydroxylation is 1. The Kier molecular flexibility index (Phi) is 5.91. The van der Waals surface area contributed by atoms with Gasteiger partial charge in [0.05, 0.1) is 11.7 Å². The zero-order chi connectivity index (χ0) is 25.1. The van der Waals surface area contributed by atoms with Gasteiger partial charge < -0.3 is 19.9 Å². The van der Waals surface area contributed by atoms with Gasteiger partial charge in [0.2, 0.25) is 0 Å². The van der Waals surface area contributed by atoms with Crippen molar-refractivity contribution in [1.29, 1.82) is 0 Å². The predicted octanol–water partition coefficient (Wildman–Crippen LogP) is 4.66. The van der Waals surface area contributed by atoms with Crippen LogP contribution in [-0.4, -0.2) is 51.3 Å². The van der Waals surface area contributed by atoms with Crippen LogP contribution in [0, 0.1) is 12.3 Å². The third-order valence-corrected chi connectivity index (χ3v) is 9.16. The van der Waals surface area contributed by atoms with E-state index in [1.807, 2.05) is 39.0 Å². The lowest BCUT2D eigenvalue weighted by Crippen LogP contribution is -2.74. The molecule has 7 nitrogen and oxygen atoms in total. The number of benzene rings is 1. The molecular formula is C29H41N5O2. The van der Waals surface area contributed by atoms with Crippen LogP contribution in [0.4, 0.5) is 4.79 Å². The molecule has 1 aromatic carbocycles. The topological polar surface area (TPSA) is 71.4 Å². The Morgan fingerprint density at radius 3 is 2.81 bits per heavy atom. The van der Waals surface area contributed by atoms with E-state index in [9.17, 15) is 4.79 Å². The van der Waals surface area contributed by atoms with Gasteiger partial charge in [0.25, 0.3) is 0 Å². The summed E-state index contributed by atoms with van der Waals surface area (Å²) < 4.78 is 8.19. The van der Waals surface area contributed by atoms with E-state index in [1.54, 1.807) is 0 Å². The van der Waals surface area contributed by atoms with Crippen molar-refractivity contribution in [3.05, 3.63) is 53.1 Å². The van der Waals surface area contributed by atoms with E-state index in [4.69, 9.17) is 9.72 Å². The lowest BCUT2D eigenvalue weighted by Gasteiger charge is -2.68. The molecule has 5 atom stereocenters. The van der Waals surface area contributed by atoms with E-state index in [0.717, 1.165) is 38.0 Å². The average molecular weight is 492 g/mol. The van der Waals surface area contributed by atoms with Crippen LogP contribution in [0.2, 0.25) is 0 Å². The summed E-state index contributed by atoms with van der Waals surface area (Å²) in [5.41, 5.74) is 3.87. The van der Waals surface area contributed by atoms with Gasteiger partial charge in [0.15, 0.2) is 0 Å². The van der Waals surface area contributed by atoms with Gasteiger partial charge in [-0.3, -0.25) is 4.90 Å². The van der Waals surface area contributed by atoms with Crippen molar-refractivity contribution < 1.29 is 9.53 Å². The molecule has 4 aliphatic rings. The largest absolute Gasteiger partial charge is 0.444 e. The molecule has 3 fully saturated rings. The van der Waals surface area contributed by atoms with Crippen LogP contribution in [0.25, 0.3) is 0 Å². The molecule has 6 rings (SSSR count). The first kappa shape index (κ1) is 24.0. The summed E-state index contributed by atoms with van der Waals surface area (Å²) in [7, 11) is 0. The standard InChI is InChI=1S/C29H41N5O2/c1-19-31-23-18-30-14-11-24(23)34(19)21-16-26-29(17-21)13-10-25(29)33(26)15-12-22(20-8-6-5-7-9-20)32-27(35)36-28(2,3)4/h5-9,21-22,25-26,30H,10-18H2,1-4H3,(H,32,35)/t21?,22-,25?,26?,29?/m0/s1. The number of hydrogen-bond acceptors (Lipinski definition) is 5. The van der Waals surface area contributed by atoms with E-state index in [2.05, 4.69) is 39.2 Å². The first-order valence-electron chi connectivity index (χ1n) is 13.8. The summed E-state index contributed by atoms with van der Waals surface area (Å²) in [6.45, 7) is 10.9. The number of nitrogens with zero attached hydrogens (tertiary/aromatic N) is 3. The van der Waals surface area contributed by atoms with Crippen LogP contribution in [0.5, 0.6) is 0 Å². The Labute approximate surface area is 215 Å². The van der Waals surface area contributed by atoms with Gasteiger partial charge in [-0.1, -0.05) is 30.3 Å². The SMILES string of the molecule is Cc1nc2c(n1C1CC3N(CC[C@H](NC(=O)OC(C)(C)C)c4ccccc4)C4CCC43C1)CCNC2. The molecule has 0 radical (unpaired) electrons. The van der Waals surface area contributed by atoms with Crippen molar-refractivity contribution in [2.75, 3.05) is 13.1 Å². The fraction of sp³-hybridized carbons (Fsp3) is 0.655. The van der Waals surface area contributed by atoms with Crippen molar-refractivity contribution in [2.24, 2.45) is 5.41 Å². The molecule has 1 amide bonds. The van der Waals surface area contributed by atoms with E-state index in [0.29, 0.717) is 23.5 Å². The Bertz CT molecular complexity index is 1120. The van der Waals surface area contributed by atoms with E-state index >= 15 is 0 Å². The first-order valence-corrected chi connectivity index (χ1v) is 13.8. The molecule has 3 heterocycles. The van der Waals surface area contributed by atoms with Gasteiger partial charge in [-0.05, 0) is 65.4 Å². The second kappa shape index (κ2) is 8.88. The number of likely N-dealkylation sites (tertiary alicyclic amines) is 1. The molecule has 7 heteroatoms. The number of ether oxygens (including phenoxy) is 1. The van der Waals surface area contributed by atoms with Crippen LogP contribution in [0.1, 0.15) is 87.7 Å². The minimum Gasteiger partial charge on any atom is -0.444 e. The number of carbonyl (C=O) groups excluding carboxylic acids is 1. The van der Waals surface area contributed by atoms with Gasteiger partial charge in [0, 0.05) is 55.3 Å². The van der Waals surface area contributed by atoms with Gasteiger partial charge in [-0.25, -0.2) is 9.78 Å². The molecule has 1 aromatic heterocycles. The molecule has 36 heavy (non-hydrogen) atoms. The molecule has 4 unspecified atom stereocenters. The van der Waals surface area contributed by atoms with Crippen LogP contribution in [-0.2, 0) is 17.7 Å². The minimum atomic E-state index is -0.506. The average Bonchev–Trinajstić information content (AvgIpc) is 3.36. The Morgan fingerprint density at radius 2 is 2.08 bits per heavy atom. The Hall–Kier alpha value is -2.38. The highest BCUT2D eigenvalue weighted by Crippen LogP contribution is 2.67. The van der Waals surface area contributed by atoms with Crippen molar-refractivity contribution in [3.63, 3.8) is 0 Å². The lowest BCUT2D eigenvalue weighted by molar-refractivity contribution is -0.188. The highest BCUT2D eigenvalue weighted by Gasteiger charge is 2.69. The molecule has 2 aromatic rings. The summed E-state index contributed by atoms with van der Waals surface area (Å²) in [5, 5.41) is 6.64. The number of rotatable bonds is 6. The third kappa shape index (κ3) is 4.04. The number of amides is 1. The number of aromatic nitrogens is 2. The van der Waals surface area contributed by atoms with Crippen LogP contribution < -0.4 is 10.6 Å². The number of fused-ring (bicyclic) bond motifs is 1. The van der Waals surface area contributed by atoms with Crippen LogP contribution in [0.15, 0.2) is 30.3 Å². The molecule has 194 valence electrons. The molecular weight excluding hydrogens is 450 g/mol. The summed E-state index contributed by atoms with van der Waals surface area (Å²) in [4.78, 5) is 20.3. The lowest BCUT2D eigenvalue weighted by atomic mass is 9.53. The molecule has 2 aliphatic carbocycles. The molecule has 0 bridgehead atoms. The second-order valence-corrected chi connectivity index (χ2v) is 12.4. The number of nitrogens with one attached hydrogen (secondary N) is 2. The van der Waals surface area contributed by atoms with Crippen LogP contribution in [0.3, 0.4) is 0 Å². The van der Waals surface area contributed by atoms with Gasteiger partial charge >= 0.3 is 6.09 Å². The number of piperidine rings is 1. The van der Waals surface area contributed by atoms with Crippen molar-refractivity contribution >= 4 is 6.09 Å². The number of carbonyl (C=O) groups is 1. The zero-order valence-corrected chi connectivity index (χ0v) is 22.2. The summed E-state index contributed by atoms with van der Waals surface area (Å²) >= 11 is 0. The minimum absolute atomic E-state index is 0.0521. The van der Waals surface area contributed by atoms with Gasteiger partial charge in [0.1, 0.15) is 11.4 Å². The molecule has 2 N–H and O–H groups in total. The Balaban J connectivity index is 1.15. The number of hydrogen-bond donors (Lipinski definition) is 2. The fourth-order valence-electron chi connectivity index (χ4n) is 7.71. The number of imidazole rings is 1. The highest BCUT2D eigenvalue weighted by molar-refractivity contribution is 5.68. The van der Waals surface area contributed by atoms with E-state index < -0.39 is 5.60 Å². The summed E-state index contributed by atoms with van der Waals surface area (Å²) in [6.07, 6.45) is 6.84. The van der Waals surface area contributed by atoms with Crippen molar-refractivity contribution in [1.82, 2.24) is 25.1 Å². The molecule has 2 aliphatic heterocycles. The normalized spacial score (nSPS) is 29.8. The first-order chi connectivity index (χ1) is 17.2. The number of alkyl carbamates (subject to hydrolysis) is 1. The second-order valence-electron chi connectivity index (χ2n) is 12.4. The molecule has 1 spiro atoms. The van der Waals surface area contributed by atoms with Crippen LogP contribution >= 0.6 is 0 Å². The predicted molar refractivity (Wildman–Crippen MR) is 140 cm³/mol. The summed E-state index contributed by atoms with van der Waals surface area (Å²) in [6, 6.07) is 12.2. The highest BCUT2D eigenvalue weighted by atomic mass is 16.6. The maximum absolute atomic E-state index is 12.6. The molecule has 2 saturated carbocycles. The third-order valence-electron chi connectivity index (χ3n) is 9.16. The Morgan fingerprint density at radius 1 is 1.28 bits per heavy atom. The summed E-state index contributed by atoms with van der Waals surface area (Å²) in [5.74, 6) is 1.19. The molecule has 1 saturated heterocycles. The fourth-order valence-corrected chi connectivity index (χ4v) is 7.71. The zero-order valence-electron chi connectivity index (χ0n) is 22.2.